The van der Waals surface area contributed by atoms with Crippen LogP contribution in [-0.4, -0.2) is 57.1 Å². The third kappa shape index (κ3) is 6.12. The molecule has 0 N–H and O–H groups in total. The lowest BCUT2D eigenvalue weighted by atomic mass is 9.85. The molecule has 0 saturated heterocycles. The first-order chi connectivity index (χ1) is 10.6. The van der Waals surface area contributed by atoms with E-state index in [1.54, 1.807) is 0 Å². The van der Waals surface area contributed by atoms with Gasteiger partial charge in [0.1, 0.15) is 5.75 Å². The lowest BCUT2D eigenvalue weighted by Gasteiger charge is -2.27. The smallest absolute Gasteiger partial charge is 0.195 e. The van der Waals surface area contributed by atoms with Crippen LogP contribution in [-0.2, 0) is 5.41 Å². The monoisotopic (exact) mass is 319 g/mol. The highest BCUT2D eigenvalue weighted by molar-refractivity contribution is 5.79. The molecular weight excluding hydrogens is 286 g/mol. The second-order valence-electron chi connectivity index (χ2n) is 7.52. The number of rotatable bonds is 6. The van der Waals surface area contributed by atoms with Gasteiger partial charge in [0.05, 0.1) is 13.2 Å². The fraction of sp³-hybridized carbons (Fsp3) is 0.632. The molecule has 0 saturated carbocycles. The van der Waals surface area contributed by atoms with Gasteiger partial charge in [-0.1, -0.05) is 39.8 Å². The molecule has 0 fully saturated rings. The molecule has 0 heterocycles. The normalized spacial score (nSPS) is 11.3. The molecule has 0 radical (unpaired) electrons. The predicted octanol–water partition coefficient (Wildman–Crippen LogP) is 3.48. The van der Waals surface area contributed by atoms with E-state index < -0.39 is 0 Å². The summed E-state index contributed by atoms with van der Waals surface area (Å²) in [5, 5.41) is 0. The predicted molar refractivity (Wildman–Crippen MR) is 99.5 cm³/mol. The minimum Gasteiger partial charge on any atom is -0.493 e. The average Bonchev–Trinajstić information content (AvgIpc) is 2.44. The van der Waals surface area contributed by atoms with Crippen LogP contribution in [0.15, 0.2) is 29.3 Å². The molecule has 1 aromatic rings. The summed E-state index contributed by atoms with van der Waals surface area (Å²) in [6.07, 6.45) is 0. The van der Waals surface area contributed by atoms with Crippen LogP contribution >= 0.6 is 0 Å². The Kier molecular flexibility index (Phi) is 6.92. The van der Waals surface area contributed by atoms with Crippen molar-refractivity contribution >= 4 is 5.96 Å². The molecule has 0 amide bonds. The topological polar surface area (TPSA) is 28.1 Å². The maximum Gasteiger partial charge on any atom is 0.195 e. The molecule has 0 unspecified atom stereocenters. The van der Waals surface area contributed by atoms with Crippen LogP contribution in [0.25, 0.3) is 0 Å². The van der Waals surface area contributed by atoms with Crippen molar-refractivity contribution in [3.8, 4) is 5.75 Å². The van der Waals surface area contributed by atoms with Gasteiger partial charge in [0.15, 0.2) is 5.96 Å². The molecule has 0 aliphatic rings. The average molecular weight is 319 g/mol. The van der Waals surface area contributed by atoms with Gasteiger partial charge in [-0.15, -0.1) is 0 Å². The Hall–Kier alpha value is -1.71. The maximum absolute atomic E-state index is 5.76. The molecule has 0 aliphatic carbocycles. The Bertz CT molecular complexity index is 492. The van der Waals surface area contributed by atoms with Crippen molar-refractivity contribution in [3.05, 3.63) is 29.8 Å². The van der Waals surface area contributed by atoms with Crippen molar-refractivity contribution < 1.29 is 4.74 Å². The summed E-state index contributed by atoms with van der Waals surface area (Å²) in [5.41, 5.74) is 1.25. The molecule has 130 valence electrons. The minimum absolute atomic E-state index is 0.0200. The van der Waals surface area contributed by atoms with Crippen LogP contribution in [0.3, 0.4) is 0 Å². The van der Waals surface area contributed by atoms with E-state index in [-0.39, 0.29) is 5.41 Å². The van der Waals surface area contributed by atoms with Gasteiger partial charge in [-0.2, -0.15) is 0 Å². The molecule has 4 heteroatoms. The highest BCUT2D eigenvalue weighted by Crippen LogP contribution is 2.26. The van der Waals surface area contributed by atoms with Crippen molar-refractivity contribution in [1.29, 1.82) is 0 Å². The number of hydrogen-bond donors (Lipinski definition) is 0. The molecule has 0 bridgehead atoms. The minimum atomic E-state index is -0.0200. The van der Waals surface area contributed by atoms with Crippen LogP contribution in [0.2, 0.25) is 0 Å². The van der Waals surface area contributed by atoms with Gasteiger partial charge < -0.3 is 14.5 Å². The largest absolute Gasteiger partial charge is 0.493 e. The molecular formula is C19H33N3O. The first-order valence-electron chi connectivity index (χ1n) is 8.26. The first-order valence-corrected chi connectivity index (χ1v) is 8.26. The van der Waals surface area contributed by atoms with Crippen molar-refractivity contribution in [2.24, 2.45) is 10.9 Å². The van der Waals surface area contributed by atoms with E-state index in [0.717, 1.165) is 24.9 Å². The van der Waals surface area contributed by atoms with Crippen molar-refractivity contribution in [2.45, 2.75) is 33.1 Å². The Morgan fingerprint density at radius 3 is 2.00 bits per heavy atom. The fourth-order valence-corrected chi connectivity index (χ4v) is 2.31. The van der Waals surface area contributed by atoms with Crippen LogP contribution in [0.1, 0.15) is 33.3 Å². The third-order valence-corrected chi connectivity index (χ3v) is 3.63. The number of hydrogen-bond acceptors (Lipinski definition) is 2. The van der Waals surface area contributed by atoms with Crippen LogP contribution in [0.4, 0.5) is 0 Å². The number of aliphatic imine (C=N–C) groups is 1. The summed E-state index contributed by atoms with van der Waals surface area (Å²) in [5.74, 6) is 2.45. The summed E-state index contributed by atoms with van der Waals surface area (Å²) in [7, 11) is 8.08. The van der Waals surface area contributed by atoms with E-state index in [9.17, 15) is 0 Å². The highest BCUT2D eigenvalue weighted by Gasteiger charge is 2.21. The van der Waals surface area contributed by atoms with Crippen molar-refractivity contribution in [2.75, 3.05) is 41.3 Å². The molecule has 0 atom stereocenters. The molecule has 1 rings (SSSR count). The summed E-state index contributed by atoms with van der Waals surface area (Å²) in [4.78, 5) is 8.87. The zero-order valence-electron chi connectivity index (χ0n) is 16.1. The van der Waals surface area contributed by atoms with E-state index in [0.29, 0.717) is 5.92 Å². The van der Waals surface area contributed by atoms with E-state index in [1.807, 2.05) is 38.0 Å². The van der Waals surface area contributed by atoms with Crippen LogP contribution in [0, 0.1) is 5.92 Å². The van der Waals surface area contributed by atoms with Crippen LogP contribution in [0.5, 0.6) is 5.75 Å². The molecule has 1 aromatic carbocycles. The van der Waals surface area contributed by atoms with Crippen LogP contribution < -0.4 is 4.74 Å². The second kappa shape index (κ2) is 8.23. The summed E-state index contributed by atoms with van der Waals surface area (Å²) >= 11 is 0. The zero-order chi connectivity index (χ0) is 17.6. The maximum atomic E-state index is 5.76. The molecule has 23 heavy (non-hydrogen) atoms. The first kappa shape index (κ1) is 19.3. The third-order valence-electron chi connectivity index (χ3n) is 3.63. The SMILES string of the molecule is CC(C)COc1ccc(C(C)(C)CN=C(N(C)C)N(C)C)cc1. The molecule has 0 spiro atoms. The van der Waals surface area contributed by atoms with Gasteiger partial charge >= 0.3 is 0 Å². The van der Waals surface area contributed by atoms with Gasteiger partial charge in [0.25, 0.3) is 0 Å². The lowest BCUT2D eigenvalue weighted by Crippen LogP contribution is -2.36. The Morgan fingerprint density at radius 2 is 1.57 bits per heavy atom. The lowest BCUT2D eigenvalue weighted by molar-refractivity contribution is 0.271. The highest BCUT2D eigenvalue weighted by atomic mass is 16.5. The molecule has 0 aliphatic heterocycles. The Balaban J connectivity index is 2.81. The number of ether oxygens (including phenoxy) is 1. The quantitative estimate of drug-likeness (QED) is 0.593. The van der Waals surface area contributed by atoms with Crippen molar-refractivity contribution in [3.63, 3.8) is 0 Å². The molecule has 4 nitrogen and oxygen atoms in total. The summed E-state index contributed by atoms with van der Waals surface area (Å²) in [6.45, 7) is 10.3. The van der Waals surface area contributed by atoms with Gasteiger partial charge in [-0.05, 0) is 23.6 Å². The standard InChI is InChI=1S/C19H33N3O/c1-15(2)13-23-17-11-9-16(10-12-17)19(3,4)14-20-18(21(5)6)22(7)8/h9-12,15H,13-14H2,1-8H3. The van der Waals surface area contributed by atoms with E-state index >= 15 is 0 Å². The summed E-state index contributed by atoms with van der Waals surface area (Å²) < 4.78 is 5.76. The van der Waals surface area contributed by atoms with E-state index in [2.05, 4.69) is 52.0 Å². The Morgan fingerprint density at radius 1 is 1.04 bits per heavy atom. The second-order valence-corrected chi connectivity index (χ2v) is 7.52. The number of guanidine groups is 1. The summed E-state index contributed by atoms with van der Waals surface area (Å²) in [6, 6.07) is 8.41. The van der Waals surface area contributed by atoms with Gasteiger partial charge in [0.2, 0.25) is 0 Å². The van der Waals surface area contributed by atoms with Crippen molar-refractivity contribution in [1.82, 2.24) is 9.80 Å². The Labute approximate surface area is 142 Å². The molecule has 0 aromatic heterocycles. The zero-order valence-corrected chi connectivity index (χ0v) is 16.1. The number of benzene rings is 1. The van der Waals surface area contributed by atoms with Gasteiger partial charge in [-0.3, -0.25) is 4.99 Å². The van der Waals surface area contributed by atoms with E-state index in [1.165, 1.54) is 5.56 Å². The van der Waals surface area contributed by atoms with Gasteiger partial charge in [-0.25, -0.2) is 0 Å². The number of nitrogens with zero attached hydrogens (tertiary/aromatic N) is 3. The van der Waals surface area contributed by atoms with Gasteiger partial charge in [0, 0.05) is 33.6 Å². The van der Waals surface area contributed by atoms with E-state index in [4.69, 9.17) is 9.73 Å². The fourth-order valence-electron chi connectivity index (χ4n) is 2.31.